The average molecular weight is 465 g/mol. The van der Waals surface area contributed by atoms with E-state index < -0.39 is 17.8 Å². The van der Waals surface area contributed by atoms with E-state index in [1.165, 1.54) is 13.2 Å². The van der Waals surface area contributed by atoms with Crippen LogP contribution in [-0.2, 0) is 17.5 Å². The number of halogens is 4. The van der Waals surface area contributed by atoms with Crippen LogP contribution in [0.5, 0.6) is 5.75 Å². The zero-order valence-electron chi connectivity index (χ0n) is 13.4. The Balaban J connectivity index is 2.29. The Morgan fingerprint density at radius 3 is 2.60 bits per heavy atom. The normalized spacial score (nSPS) is 11.1. The second-order valence-electron chi connectivity index (χ2n) is 5.17. The first-order valence-corrected chi connectivity index (χ1v) is 8.23. The third-order valence-electron chi connectivity index (χ3n) is 3.35. The molecule has 1 N–H and O–H groups in total. The summed E-state index contributed by atoms with van der Waals surface area (Å²) in [4.78, 5) is 11.4. The molecule has 0 saturated carbocycles. The minimum absolute atomic E-state index is 0.134. The number of amides is 1. The molecule has 0 bridgehead atoms. The van der Waals surface area contributed by atoms with Gasteiger partial charge in [-0.1, -0.05) is 17.7 Å². The topological polar surface area (TPSA) is 47.6 Å². The number of nitrogens with one attached hydrogen (secondary N) is 1. The number of carbonyl (C=O) groups is 1. The van der Waals surface area contributed by atoms with Crippen LogP contribution in [0.2, 0.25) is 0 Å². The minimum Gasteiger partial charge on any atom is -0.488 e. The number of hydrogen-bond donors (Lipinski definition) is 1. The Morgan fingerprint density at radius 2 is 1.96 bits per heavy atom. The Kier molecular flexibility index (Phi) is 6.15. The van der Waals surface area contributed by atoms with Gasteiger partial charge in [0.2, 0.25) is 0 Å². The summed E-state index contributed by atoms with van der Waals surface area (Å²) < 4.78 is 50.2. The van der Waals surface area contributed by atoms with E-state index in [9.17, 15) is 18.0 Å². The van der Waals surface area contributed by atoms with Crippen LogP contribution in [0.15, 0.2) is 36.4 Å². The molecule has 0 fully saturated rings. The number of anilines is 1. The molecular formula is C17H15F3INO3. The Hall–Kier alpha value is -1.97. The summed E-state index contributed by atoms with van der Waals surface area (Å²) >= 11 is 2.02. The third kappa shape index (κ3) is 5.00. The SMILES string of the molecule is COC(=O)Nc1cccc(I)c1COc1ccc(C)cc1C(F)(F)F. The lowest BCUT2D eigenvalue weighted by Crippen LogP contribution is -2.14. The molecule has 0 aliphatic heterocycles. The number of rotatable bonds is 4. The monoisotopic (exact) mass is 465 g/mol. The van der Waals surface area contributed by atoms with Crippen LogP contribution in [0.1, 0.15) is 16.7 Å². The first-order valence-electron chi connectivity index (χ1n) is 7.15. The molecular weight excluding hydrogens is 450 g/mol. The molecule has 134 valence electrons. The van der Waals surface area contributed by atoms with Gasteiger partial charge in [-0.25, -0.2) is 4.79 Å². The molecule has 2 aromatic carbocycles. The summed E-state index contributed by atoms with van der Waals surface area (Å²) in [5.74, 6) is -0.262. The maximum absolute atomic E-state index is 13.2. The highest BCUT2D eigenvalue weighted by atomic mass is 127. The smallest absolute Gasteiger partial charge is 0.419 e. The van der Waals surface area contributed by atoms with Gasteiger partial charge in [0.15, 0.2) is 0 Å². The largest absolute Gasteiger partial charge is 0.488 e. The molecule has 0 aliphatic rings. The van der Waals surface area contributed by atoms with Gasteiger partial charge < -0.3 is 9.47 Å². The van der Waals surface area contributed by atoms with E-state index in [2.05, 4.69) is 10.1 Å². The molecule has 1 amide bonds. The summed E-state index contributed by atoms with van der Waals surface area (Å²) in [6.45, 7) is 1.45. The molecule has 2 rings (SSSR count). The lowest BCUT2D eigenvalue weighted by molar-refractivity contribution is -0.139. The fraction of sp³-hybridized carbons (Fsp3) is 0.235. The molecule has 0 heterocycles. The summed E-state index contributed by atoms with van der Waals surface area (Å²) in [6, 6.07) is 8.98. The van der Waals surface area contributed by atoms with Gasteiger partial charge in [0.1, 0.15) is 12.4 Å². The van der Waals surface area contributed by atoms with E-state index in [1.807, 2.05) is 22.6 Å². The van der Waals surface area contributed by atoms with E-state index in [0.29, 0.717) is 16.8 Å². The van der Waals surface area contributed by atoms with E-state index in [0.717, 1.165) is 9.64 Å². The number of benzene rings is 2. The summed E-state index contributed by atoms with van der Waals surface area (Å²) in [5.41, 5.74) is 0.629. The van der Waals surface area contributed by atoms with Crippen LogP contribution in [0.3, 0.4) is 0 Å². The van der Waals surface area contributed by atoms with Gasteiger partial charge in [-0.3, -0.25) is 5.32 Å². The Bertz CT molecular complexity index is 778. The van der Waals surface area contributed by atoms with Crippen molar-refractivity contribution in [1.29, 1.82) is 0 Å². The highest BCUT2D eigenvalue weighted by Gasteiger charge is 2.34. The quantitative estimate of drug-likeness (QED) is 0.618. The molecule has 0 spiro atoms. The fourth-order valence-electron chi connectivity index (χ4n) is 2.12. The van der Waals surface area contributed by atoms with Crippen LogP contribution >= 0.6 is 22.6 Å². The number of carbonyl (C=O) groups excluding carboxylic acids is 1. The van der Waals surface area contributed by atoms with Crippen molar-refractivity contribution in [3.8, 4) is 5.75 Å². The lowest BCUT2D eigenvalue weighted by Gasteiger charge is -2.17. The number of methoxy groups -OCH3 is 1. The minimum atomic E-state index is -4.52. The van der Waals surface area contributed by atoms with Crippen LogP contribution in [0, 0.1) is 10.5 Å². The molecule has 4 nitrogen and oxygen atoms in total. The van der Waals surface area contributed by atoms with Gasteiger partial charge in [-0.05, 0) is 53.8 Å². The predicted octanol–water partition coefficient (Wildman–Crippen LogP) is 5.38. The average Bonchev–Trinajstić information content (AvgIpc) is 2.54. The molecule has 0 aliphatic carbocycles. The highest BCUT2D eigenvalue weighted by Crippen LogP contribution is 2.37. The van der Waals surface area contributed by atoms with Gasteiger partial charge >= 0.3 is 12.3 Å². The first kappa shape index (κ1) is 19.4. The van der Waals surface area contributed by atoms with Crippen LogP contribution in [0.25, 0.3) is 0 Å². The summed E-state index contributed by atoms with van der Waals surface area (Å²) in [7, 11) is 1.22. The van der Waals surface area contributed by atoms with E-state index in [1.54, 1.807) is 31.2 Å². The van der Waals surface area contributed by atoms with Gasteiger partial charge in [0.05, 0.1) is 18.4 Å². The van der Waals surface area contributed by atoms with Gasteiger partial charge in [0.25, 0.3) is 0 Å². The second-order valence-corrected chi connectivity index (χ2v) is 6.33. The number of aryl methyl sites for hydroxylation is 1. The molecule has 0 saturated heterocycles. The third-order valence-corrected chi connectivity index (χ3v) is 4.36. The van der Waals surface area contributed by atoms with Crippen LogP contribution in [-0.4, -0.2) is 13.2 Å². The Morgan fingerprint density at radius 1 is 1.24 bits per heavy atom. The summed E-state index contributed by atoms with van der Waals surface area (Å²) in [6.07, 6.45) is -5.19. The molecule has 0 unspecified atom stereocenters. The van der Waals surface area contributed by atoms with Crippen LogP contribution in [0.4, 0.5) is 23.7 Å². The fourth-order valence-corrected chi connectivity index (χ4v) is 2.78. The van der Waals surface area contributed by atoms with Crippen molar-refractivity contribution in [2.24, 2.45) is 0 Å². The van der Waals surface area contributed by atoms with Crippen molar-refractivity contribution >= 4 is 34.4 Å². The van der Waals surface area contributed by atoms with E-state index in [-0.39, 0.29) is 12.4 Å². The van der Waals surface area contributed by atoms with Gasteiger partial charge in [-0.2, -0.15) is 13.2 Å². The van der Waals surface area contributed by atoms with Crippen molar-refractivity contribution in [3.63, 3.8) is 0 Å². The predicted molar refractivity (Wildman–Crippen MR) is 95.7 cm³/mol. The van der Waals surface area contributed by atoms with E-state index >= 15 is 0 Å². The van der Waals surface area contributed by atoms with E-state index in [4.69, 9.17) is 4.74 Å². The molecule has 0 atom stereocenters. The van der Waals surface area contributed by atoms with Crippen molar-refractivity contribution in [3.05, 3.63) is 56.7 Å². The van der Waals surface area contributed by atoms with Gasteiger partial charge in [0, 0.05) is 9.13 Å². The van der Waals surface area contributed by atoms with Crippen molar-refractivity contribution in [2.45, 2.75) is 19.7 Å². The molecule has 8 heteroatoms. The van der Waals surface area contributed by atoms with Crippen molar-refractivity contribution in [1.82, 2.24) is 0 Å². The number of hydrogen-bond acceptors (Lipinski definition) is 3. The number of alkyl halides is 3. The van der Waals surface area contributed by atoms with Crippen molar-refractivity contribution in [2.75, 3.05) is 12.4 Å². The molecule has 25 heavy (non-hydrogen) atoms. The molecule has 0 radical (unpaired) electrons. The maximum atomic E-state index is 13.2. The zero-order valence-corrected chi connectivity index (χ0v) is 15.6. The number of ether oxygens (including phenoxy) is 2. The lowest BCUT2D eigenvalue weighted by atomic mass is 10.1. The standard InChI is InChI=1S/C17H15F3INO3/c1-10-6-7-15(12(8-10)17(18,19)20)25-9-11-13(21)4-3-5-14(11)22-16(23)24-2/h3-8H,9H2,1-2H3,(H,22,23). The maximum Gasteiger partial charge on any atom is 0.419 e. The van der Waals surface area contributed by atoms with Crippen LogP contribution < -0.4 is 10.1 Å². The van der Waals surface area contributed by atoms with Gasteiger partial charge in [-0.15, -0.1) is 0 Å². The Labute approximate surface area is 156 Å². The second kappa shape index (κ2) is 7.94. The highest BCUT2D eigenvalue weighted by molar-refractivity contribution is 14.1. The zero-order chi connectivity index (χ0) is 18.6. The summed E-state index contributed by atoms with van der Waals surface area (Å²) in [5, 5.41) is 2.52. The first-order chi connectivity index (χ1) is 11.7. The molecule has 2 aromatic rings. The van der Waals surface area contributed by atoms with Crippen molar-refractivity contribution < 1.29 is 27.4 Å². The molecule has 0 aromatic heterocycles.